The lowest BCUT2D eigenvalue weighted by molar-refractivity contribution is -0.142. The average Bonchev–Trinajstić information content (AvgIpc) is 2.67. The van der Waals surface area contributed by atoms with E-state index in [9.17, 15) is 14.7 Å². The van der Waals surface area contributed by atoms with Gasteiger partial charge in [0.25, 0.3) is 0 Å². The number of carboxylic acid groups (broad SMARTS) is 2. The number of hydrogen-bond donors (Lipinski definition) is 5. The van der Waals surface area contributed by atoms with E-state index in [1.807, 2.05) is 6.92 Å². The maximum Gasteiger partial charge on any atom is 0.344 e. The van der Waals surface area contributed by atoms with Crippen molar-refractivity contribution in [2.75, 3.05) is 11.9 Å². The molecule has 0 spiro atoms. The van der Waals surface area contributed by atoms with E-state index in [2.05, 4.69) is 10.3 Å². The van der Waals surface area contributed by atoms with Crippen LogP contribution in [0.25, 0.3) is 0 Å². The highest BCUT2D eigenvalue weighted by atomic mass is 35.5. The fraction of sp³-hybridized carbons (Fsp3) is 0.316. The summed E-state index contributed by atoms with van der Waals surface area (Å²) in [6, 6.07) is 8.34. The van der Waals surface area contributed by atoms with Crippen molar-refractivity contribution in [3.8, 4) is 0 Å². The summed E-state index contributed by atoms with van der Waals surface area (Å²) in [5, 5.41) is 21.1. The third-order valence-electron chi connectivity index (χ3n) is 3.94. The summed E-state index contributed by atoms with van der Waals surface area (Å²) in [4.78, 5) is 25.2. The number of rotatable bonds is 8. The number of aromatic carboxylic acids is 1. The Morgan fingerprint density at radius 2 is 1.93 bits per heavy atom. The molecule has 1 atom stereocenters. The minimum absolute atomic E-state index is 0.220. The monoisotopic (exact) mass is 408 g/mol. The van der Waals surface area contributed by atoms with Crippen LogP contribution in [0.3, 0.4) is 0 Å². The summed E-state index contributed by atoms with van der Waals surface area (Å²) in [5.74, 6) is -2.04. The Bertz CT molecular complexity index is 789. The number of aliphatic carboxylic acids is 1. The number of halogens is 1. The zero-order valence-corrected chi connectivity index (χ0v) is 16.3. The van der Waals surface area contributed by atoms with Crippen LogP contribution < -0.4 is 16.8 Å². The maximum absolute atomic E-state index is 11.4. The largest absolute Gasteiger partial charge is 0.478 e. The average molecular weight is 409 g/mol. The maximum atomic E-state index is 11.4. The number of aromatic nitrogens is 1. The molecule has 9 heteroatoms. The van der Waals surface area contributed by atoms with Crippen LogP contribution in [0.2, 0.25) is 5.02 Å². The third-order valence-corrected chi connectivity index (χ3v) is 4.35. The van der Waals surface area contributed by atoms with Gasteiger partial charge in [0.1, 0.15) is 0 Å². The molecule has 1 unspecified atom stereocenters. The topological polar surface area (TPSA) is 152 Å². The molecule has 2 rings (SSSR count). The molecular formula is C19H25ClN4O4. The first-order valence-electron chi connectivity index (χ1n) is 8.60. The molecule has 7 N–H and O–H groups in total. The minimum Gasteiger partial charge on any atom is -0.478 e. The summed E-state index contributed by atoms with van der Waals surface area (Å²) in [6.45, 7) is 2.33. The van der Waals surface area contributed by atoms with Crippen LogP contribution in [0, 0.1) is 6.92 Å². The van der Waals surface area contributed by atoms with E-state index < -0.39 is 17.6 Å². The zero-order chi connectivity index (χ0) is 21.2. The fourth-order valence-corrected chi connectivity index (χ4v) is 2.42. The molecule has 1 aromatic heterocycles. The van der Waals surface area contributed by atoms with Crippen LogP contribution >= 0.6 is 11.6 Å². The number of nitrogens with zero attached hydrogens (tertiary/aromatic N) is 1. The van der Waals surface area contributed by atoms with E-state index in [1.165, 1.54) is 18.5 Å². The van der Waals surface area contributed by atoms with Crippen LogP contribution in [0.4, 0.5) is 5.69 Å². The van der Waals surface area contributed by atoms with Gasteiger partial charge in [-0.1, -0.05) is 17.7 Å². The van der Waals surface area contributed by atoms with Crippen molar-refractivity contribution in [2.24, 2.45) is 11.5 Å². The van der Waals surface area contributed by atoms with Gasteiger partial charge in [-0.3, -0.25) is 10.7 Å². The number of benzene rings is 1. The van der Waals surface area contributed by atoms with Crippen LogP contribution in [0.1, 0.15) is 35.2 Å². The van der Waals surface area contributed by atoms with Crippen molar-refractivity contribution in [3.05, 3.63) is 58.9 Å². The van der Waals surface area contributed by atoms with Gasteiger partial charge in [0.05, 0.1) is 5.56 Å². The standard InChI is InChI=1S/C13H20ClN3O2.C6H5NO2/c1-9-10(14)5-4-6-11(9)17-13(16,12(18)19)7-2-3-8-15;8-6(9)5-2-1-3-7-4-5/h4-6,17H,2-3,7-8,15-16H2,1H3,(H,18,19);1-4H,(H,8,9). The normalized spacial score (nSPS) is 12.3. The predicted molar refractivity (Wildman–Crippen MR) is 108 cm³/mol. The van der Waals surface area contributed by atoms with Gasteiger partial charge in [-0.05, 0) is 62.6 Å². The molecular weight excluding hydrogens is 384 g/mol. The fourth-order valence-electron chi connectivity index (χ4n) is 2.24. The molecule has 0 aliphatic heterocycles. The molecule has 8 nitrogen and oxygen atoms in total. The summed E-state index contributed by atoms with van der Waals surface area (Å²) >= 11 is 6.00. The highest BCUT2D eigenvalue weighted by molar-refractivity contribution is 6.31. The number of carboxylic acids is 2. The molecule has 1 aromatic carbocycles. The number of nitrogens with two attached hydrogens (primary N) is 2. The lowest BCUT2D eigenvalue weighted by atomic mass is 10.0. The van der Waals surface area contributed by atoms with Crippen molar-refractivity contribution >= 4 is 29.2 Å². The highest BCUT2D eigenvalue weighted by Crippen LogP contribution is 2.26. The lowest BCUT2D eigenvalue weighted by Gasteiger charge is -2.28. The van der Waals surface area contributed by atoms with E-state index in [0.29, 0.717) is 30.1 Å². The summed E-state index contributed by atoms with van der Waals surface area (Å²) < 4.78 is 0. The van der Waals surface area contributed by atoms with Gasteiger partial charge < -0.3 is 21.3 Å². The second kappa shape index (κ2) is 11.2. The van der Waals surface area contributed by atoms with Crippen molar-refractivity contribution in [1.82, 2.24) is 4.98 Å². The highest BCUT2D eigenvalue weighted by Gasteiger charge is 2.33. The number of pyridine rings is 1. The smallest absolute Gasteiger partial charge is 0.344 e. The summed E-state index contributed by atoms with van der Waals surface area (Å²) in [5.41, 5.74) is 11.5. The Balaban J connectivity index is 0.000000362. The Kier molecular flexibility index (Phi) is 9.37. The molecule has 0 saturated heterocycles. The summed E-state index contributed by atoms with van der Waals surface area (Å²) in [7, 11) is 0. The molecule has 0 aliphatic rings. The van der Waals surface area contributed by atoms with Crippen molar-refractivity contribution in [2.45, 2.75) is 31.8 Å². The van der Waals surface area contributed by atoms with Crippen molar-refractivity contribution < 1.29 is 19.8 Å². The molecule has 0 radical (unpaired) electrons. The van der Waals surface area contributed by atoms with E-state index in [1.54, 1.807) is 24.3 Å². The van der Waals surface area contributed by atoms with Gasteiger partial charge in [-0.25, -0.2) is 9.59 Å². The molecule has 0 amide bonds. The first kappa shape index (κ1) is 23.4. The molecule has 0 aliphatic carbocycles. The van der Waals surface area contributed by atoms with Crippen LogP contribution in [0.5, 0.6) is 0 Å². The second-order valence-corrected chi connectivity index (χ2v) is 6.51. The van der Waals surface area contributed by atoms with Crippen LogP contribution in [-0.4, -0.2) is 39.3 Å². The zero-order valence-electron chi connectivity index (χ0n) is 15.6. The Morgan fingerprint density at radius 3 is 2.43 bits per heavy atom. The van der Waals surface area contributed by atoms with E-state index in [4.69, 9.17) is 28.2 Å². The molecule has 0 fully saturated rings. The summed E-state index contributed by atoms with van der Waals surface area (Å²) in [6.07, 6.45) is 4.52. The number of nitrogens with one attached hydrogen (secondary N) is 1. The van der Waals surface area contributed by atoms with Crippen molar-refractivity contribution in [1.29, 1.82) is 0 Å². The quantitative estimate of drug-likeness (QED) is 0.330. The van der Waals surface area contributed by atoms with Gasteiger partial charge in [0.2, 0.25) is 0 Å². The van der Waals surface area contributed by atoms with Gasteiger partial charge in [-0.2, -0.15) is 0 Å². The molecule has 0 bridgehead atoms. The first-order valence-corrected chi connectivity index (χ1v) is 8.98. The molecule has 28 heavy (non-hydrogen) atoms. The lowest BCUT2D eigenvalue weighted by Crippen LogP contribution is -2.55. The third kappa shape index (κ3) is 7.15. The van der Waals surface area contributed by atoms with Gasteiger partial charge >= 0.3 is 11.9 Å². The molecule has 2 aromatic rings. The number of carbonyl (C=O) groups is 2. The molecule has 1 heterocycles. The van der Waals surface area contributed by atoms with Crippen molar-refractivity contribution in [3.63, 3.8) is 0 Å². The Labute approximate surface area is 168 Å². The Morgan fingerprint density at radius 1 is 1.21 bits per heavy atom. The molecule has 0 saturated carbocycles. The van der Waals surface area contributed by atoms with Crippen LogP contribution in [0.15, 0.2) is 42.7 Å². The number of hydrogen-bond acceptors (Lipinski definition) is 6. The Hall–Kier alpha value is -2.68. The predicted octanol–water partition coefficient (Wildman–Crippen LogP) is 2.71. The van der Waals surface area contributed by atoms with Gasteiger partial charge in [0, 0.05) is 23.1 Å². The van der Waals surface area contributed by atoms with Gasteiger partial charge in [-0.15, -0.1) is 0 Å². The molecule has 152 valence electrons. The van der Waals surface area contributed by atoms with E-state index in [0.717, 1.165) is 12.0 Å². The SMILES string of the molecule is Cc1c(Cl)cccc1NC(N)(CCCCN)C(=O)O.O=C(O)c1cccnc1. The number of unbranched alkanes of at least 4 members (excludes halogenated alkanes) is 1. The van der Waals surface area contributed by atoms with Gasteiger partial charge in [0.15, 0.2) is 5.66 Å². The number of anilines is 1. The first-order chi connectivity index (χ1) is 13.2. The second-order valence-electron chi connectivity index (χ2n) is 6.11. The van der Waals surface area contributed by atoms with E-state index >= 15 is 0 Å². The van der Waals surface area contributed by atoms with Crippen LogP contribution in [-0.2, 0) is 4.79 Å². The minimum atomic E-state index is -1.51. The van der Waals surface area contributed by atoms with E-state index in [-0.39, 0.29) is 5.56 Å².